The third-order valence-electron chi connectivity index (χ3n) is 3.80. The van der Waals surface area contributed by atoms with Crippen LogP contribution < -0.4 is 5.32 Å². The SMILES string of the molecule is CCCC(C)(C)CC(=O)NCCCCSC(=O)CCC(C)(C)C. The van der Waals surface area contributed by atoms with Crippen molar-refractivity contribution in [3.05, 3.63) is 0 Å². The Morgan fingerprint density at radius 1 is 1.00 bits per heavy atom. The van der Waals surface area contributed by atoms with E-state index in [4.69, 9.17) is 0 Å². The number of carbonyl (C=O) groups is 2. The highest BCUT2D eigenvalue weighted by Gasteiger charge is 2.20. The summed E-state index contributed by atoms with van der Waals surface area (Å²) in [6, 6.07) is 0. The van der Waals surface area contributed by atoms with Crippen LogP contribution in [-0.4, -0.2) is 23.3 Å². The fourth-order valence-electron chi connectivity index (χ4n) is 2.45. The molecule has 136 valence electrons. The molecule has 0 radical (unpaired) electrons. The third kappa shape index (κ3) is 14.8. The Kier molecular flexibility index (Phi) is 10.9. The maximum absolute atomic E-state index is 11.9. The summed E-state index contributed by atoms with van der Waals surface area (Å²) >= 11 is 1.44. The van der Waals surface area contributed by atoms with Gasteiger partial charge in [0.2, 0.25) is 5.91 Å². The molecule has 0 aromatic carbocycles. The highest BCUT2D eigenvalue weighted by Crippen LogP contribution is 2.26. The average molecular weight is 344 g/mol. The van der Waals surface area contributed by atoms with Gasteiger partial charge in [0.05, 0.1) is 0 Å². The molecule has 0 spiro atoms. The lowest BCUT2D eigenvalue weighted by atomic mass is 9.84. The zero-order valence-electron chi connectivity index (χ0n) is 16.1. The van der Waals surface area contributed by atoms with Crippen LogP contribution in [0.3, 0.4) is 0 Å². The number of hydrogen-bond acceptors (Lipinski definition) is 3. The molecule has 0 atom stereocenters. The monoisotopic (exact) mass is 343 g/mol. The third-order valence-corrected chi connectivity index (χ3v) is 4.82. The van der Waals surface area contributed by atoms with Gasteiger partial charge in [0.15, 0.2) is 5.12 Å². The molecule has 0 saturated heterocycles. The summed E-state index contributed by atoms with van der Waals surface area (Å²) in [5, 5.41) is 3.29. The van der Waals surface area contributed by atoms with Gasteiger partial charge in [-0.05, 0) is 36.5 Å². The van der Waals surface area contributed by atoms with Gasteiger partial charge in [-0.25, -0.2) is 0 Å². The fraction of sp³-hybridized carbons (Fsp3) is 0.895. The number of nitrogens with one attached hydrogen (secondary N) is 1. The first kappa shape index (κ1) is 22.5. The topological polar surface area (TPSA) is 46.2 Å². The molecule has 0 bridgehead atoms. The smallest absolute Gasteiger partial charge is 0.220 e. The molecule has 3 nitrogen and oxygen atoms in total. The summed E-state index contributed by atoms with van der Waals surface area (Å²) in [4.78, 5) is 23.6. The summed E-state index contributed by atoms with van der Waals surface area (Å²) in [5.41, 5.74) is 0.320. The van der Waals surface area contributed by atoms with E-state index in [0.29, 0.717) is 18.0 Å². The molecule has 23 heavy (non-hydrogen) atoms. The molecular formula is C19H37NO2S. The van der Waals surface area contributed by atoms with Crippen LogP contribution in [0.2, 0.25) is 0 Å². The summed E-state index contributed by atoms with van der Waals surface area (Å²) < 4.78 is 0. The van der Waals surface area contributed by atoms with Crippen LogP contribution in [0.5, 0.6) is 0 Å². The number of thioether (sulfide) groups is 1. The molecule has 0 unspecified atom stereocenters. The van der Waals surface area contributed by atoms with Crippen LogP contribution in [-0.2, 0) is 9.59 Å². The van der Waals surface area contributed by atoms with Gasteiger partial charge < -0.3 is 5.32 Å². The molecular weight excluding hydrogens is 306 g/mol. The second-order valence-corrected chi connectivity index (χ2v) is 9.58. The maximum atomic E-state index is 11.9. The molecule has 0 aromatic rings. The second kappa shape index (κ2) is 11.1. The molecule has 4 heteroatoms. The molecule has 1 N–H and O–H groups in total. The lowest BCUT2D eigenvalue weighted by molar-refractivity contribution is -0.123. The Bertz CT molecular complexity index is 359. The minimum absolute atomic E-state index is 0.0914. The Morgan fingerprint density at radius 2 is 1.65 bits per heavy atom. The zero-order valence-corrected chi connectivity index (χ0v) is 16.9. The van der Waals surface area contributed by atoms with Gasteiger partial charge >= 0.3 is 0 Å². The summed E-state index contributed by atoms with van der Waals surface area (Å²) in [6.45, 7) is 13.7. The van der Waals surface area contributed by atoms with Gasteiger partial charge in [0.25, 0.3) is 0 Å². The van der Waals surface area contributed by atoms with Crippen molar-refractivity contribution in [2.45, 2.75) is 86.5 Å². The Morgan fingerprint density at radius 3 is 2.22 bits per heavy atom. The van der Waals surface area contributed by atoms with Crippen LogP contribution in [0.25, 0.3) is 0 Å². The van der Waals surface area contributed by atoms with Crippen LogP contribution in [0.15, 0.2) is 0 Å². The highest BCUT2D eigenvalue weighted by molar-refractivity contribution is 8.13. The molecule has 0 rings (SSSR count). The molecule has 0 aromatic heterocycles. The predicted molar refractivity (Wildman–Crippen MR) is 102 cm³/mol. The van der Waals surface area contributed by atoms with E-state index < -0.39 is 0 Å². The number of carbonyl (C=O) groups excluding carboxylic acids is 2. The van der Waals surface area contributed by atoms with E-state index >= 15 is 0 Å². The van der Waals surface area contributed by atoms with Crippen LogP contribution in [0.4, 0.5) is 0 Å². The van der Waals surface area contributed by atoms with Crippen molar-refractivity contribution in [1.29, 1.82) is 0 Å². The van der Waals surface area contributed by atoms with Crippen molar-refractivity contribution < 1.29 is 9.59 Å². The normalized spacial score (nSPS) is 12.3. The van der Waals surface area contributed by atoms with Gasteiger partial charge in [0, 0.05) is 25.1 Å². The quantitative estimate of drug-likeness (QED) is 0.525. The minimum atomic E-state index is 0.0914. The van der Waals surface area contributed by atoms with Crippen molar-refractivity contribution in [2.24, 2.45) is 10.8 Å². The van der Waals surface area contributed by atoms with Crippen LogP contribution in [0, 0.1) is 10.8 Å². The first-order valence-electron chi connectivity index (χ1n) is 8.98. The van der Waals surface area contributed by atoms with Gasteiger partial charge in [-0.1, -0.05) is 59.7 Å². The number of rotatable bonds is 11. The van der Waals surface area contributed by atoms with E-state index in [9.17, 15) is 9.59 Å². The lowest BCUT2D eigenvalue weighted by Gasteiger charge is -2.23. The molecule has 0 aliphatic rings. The van der Waals surface area contributed by atoms with Crippen LogP contribution in [0.1, 0.15) is 86.5 Å². The van der Waals surface area contributed by atoms with Crippen molar-refractivity contribution in [3.8, 4) is 0 Å². The van der Waals surface area contributed by atoms with Crippen LogP contribution >= 0.6 is 11.8 Å². The summed E-state index contributed by atoms with van der Waals surface area (Å²) in [5.74, 6) is 1.01. The summed E-state index contributed by atoms with van der Waals surface area (Å²) in [6.07, 6.45) is 6.32. The summed E-state index contributed by atoms with van der Waals surface area (Å²) in [7, 11) is 0. The first-order valence-corrected chi connectivity index (χ1v) is 9.97. The first-order chi connectivity index (χ1) is 10.6. The van der Waals surface area contributed by atoms with Gasteiger partial charge in [-0.3, -0.25) is 9.59 Å². The number of amides is 1. The van der Waals surface area contributed by atoms with Crippen molar-refractivity contribution in [3.63, 3.8) is 0 Å². The van der Waals surface area contributed by atoms with E-state index in [-0.39, 0.29) is 16.7 Å². The van der Waals surface area contributed by atoms with Gasteiger partial charge in [-0.15, -0.1) is 0 Å². The Hall–Kier alpha value is -0.510. The van der Waals surface area contributed by atoms with Crippen molar-refractivity contribution in [2.75, 3.05) is 12.3 Å². The molecule has 1 amide bonds. The van der Waals surface area contributed by atoms with E-state index in [0.717, 1.165) is 44.4 Å². The Balaban J connectivity index is 3.62. The van der Waals surface area contributed by atoms with E-state index in [1.807, 2.05) is 0 Å². The average Bonchev–Trinajstić information content (AvgIpc) is 2.38. The molecule has 0 fully saturated rings. The molecule has 0 heterocycles. The Labute approximate surface area is 147 Å². The molecule has 0 aliphatic carbocycles. The van der Waals surface area contributed by atoms with E-state index in [1.54, 1.807) is 0 Å². The fourth-order valence-corrected chi connectivity index (χ4v) is 3.27. The molecule has 0 saturated carbocycles. The largest absolute Gasteiger partial charge is 0.356 e. The minimum Gasteiger partial charge on any atom is -0.356 e. The predicted octanol–water partition coefficient (Wildman–Crippen LogP) is 5.19. The molecule has 0 aliphatic heterocycles. The maximum Gasteiger partial charge on any atom is 0.220 e. The number of hydrogen-bond donors (Lipinski definition) is 1. The van der Waals surface area contributed by atoms with E-state index in [2.05, 4.69) is 46.9 Å². The standard InChI is InChI=1S/C19H37NO2S/c1-7-11-19(5,6)15-16(21)20-13-8-9-14-23-17(22)10-12-18(2,3)4/h7-15H2,1-6H3,(H,20,21). The van der Waals surface area contributed by atoms with Gasteiger partial charge in [0.1, 0.15) is 0 Å². The van der Waals surface area contributed by atoms with E-state index in [1.165, 1.54) is 11.8 Å². The second-order valence-electron chi connectivity index (χ2n) is 8.43. The number of unbranched alkanes of at least 4 members (excludes halogenated alkanes) is 1. The van der Waals surface area contributed by atoms with Crippen molar-refractivity contribution >= 4 is 22.8 Å². The van der Waals surface area contributed by atoms with Crippen molar-refractivity contribution in [1.82, 2.24) is 5.32 Å². The zero-order chi connectivity index (χ0) is 17.9. The highest BCUT2D eigenvalue weighted by atomic mass is 32.2. The van der Waals surface area contributed by atoms with Gasteiger partial charge in [-0.2, -0.15) is 0 Å². The lowest BCUT2D eigenvalue weighted by Crippen LogP contribution is -2.29.